The van der Waals surface area contributed by atoms with Crippen molar-refractivity contribution in [2.24, 2.45) is 5.92 Å². The number of rotatable bonds is 4. The highest BCUT2D eigenvalue weighted by Gasteiger charge is 2.19. The minimum Gasteiger partial charge on any atom is -0.457 e. The molecule has 22 heavy (non-hydrogen) atoms. The van der Waals surface area contributed by atoms with Crippen LogP contribution in [0.2, 0.25) is 5.02 Å². The molecule has 0 saturated carbocycles. The number of hydrogen-bond donors (Lipinski definition) is 1. The molecule has 0 bridgehead atoms. The molecule has 2 aromatic rings. The van der Waals surface area contributed by atoms with Gasteiger partial charge in [-0.1, -0.05) is 30.7 Å². The van der Waals surface area contributed by atoms with Gasteiger partial charge in [0.1, 0.15) is 18.0 Å². The number of piperidine rings is 1. The molecule has 2 aromatic carbocycles. The van der Waals surface area contributed by atoms with Gasteiger partial charge in [-0.05, 0) is 49.2 Å². The predicted octanol–water partition coefficient (Wildman–Crippen LogP) is 3.95. The van der Waals surface area contributed by atoms with E-state index in [9.17, 15) is 0 Å². The van der Waals surface area contributed by atoms with E-state index in [1.54, 1.807) is 4.90 Å². The van der Waals surface area contributed by atoms with Gasteiger partial charge in [0, 0.05) is 16.5 Å². The summed E-state index contributed by atoms with van der Waals surface area (Å²) >= 11 is 5.90. The van der Waals surface area contributed by atoms with Crippen LogP contribution in [0.1, 0.15) is 25.3 Å². The second kappa shape index (κ2) is 7.17. The standard InChI is InChI=1S/C19H22ClNO/c1-15-4-3-11-21(13-15)14-16-5-2-6-19(12-16)22-18-9-7-17(20)8-10-18/h2,5-10,12,15H,3-4,11,13-14H2,1H3/p+1/t15-/m0/s1. The number of hydrogen-bond acceptors (Lipinski definition) is 1. The molecule has 3 rings (SSSR count). The zero-order valence-electron chi connectivity index (χ0n) is 13.0. The van der Waals surface area contributed by atoms with Crippen LogP contribution in [0.5, 0.6) is 11.5 Å². The molecule has 1 aliphatic heterocycles. The largest absolute Gasteiger partial charge is 0.457 e. The average molecular weight is 317 g/mol. The summed E-state index contributed by atoms with van der Waals surface area (Å²) in [6.45, 7) is 6.01. The minimum absolute atomic E-state index is 0.726. The molecule has 1 saturated heterocycles. The first kappa shape index (κ1) is 15.4. The highest BCUT2D eigenvalue weighted by atomic mass is 35.5. The molecule has 0 spiro atoms. The van der Waals surface area contributed by atoms with E-state index < -0.39 is 0 Å². The highest BCUT2D eigenvalue weighted by Crippen LogP contribution is 2.23. The first-order chi connectivity index (χ1) is 10.7. The molecule has 0 amide bonds. The van der Waals surface area contributed by atoms with Crippen LogP contribution in [-0.4, -0.2) is 13.1 Å². The first-order valence-corrected chi connectivity index (χ1v) is 8.43. The molecule has 1 heterocycles. The van der Waals surface area contributed by atoms with E-state index in [0.29, 0.717) is 0 Å². The smallest absolute Gasteiger partial charge is 0.127 e. The van der Waals surface area contributed by atoms with Crippen molar-refractivity contribution in [3.63, 3.8) is 0 Å². The fourth-order valence-electron chi connectivity index (χ4n) is 3.20. The molecule has 116 valence electrons. The molecular formula is C19H23ClNO+. The number of ether oxygens (including phenoxy) is 1. The summed E-state index contributed by atoms with van der Waals surface area (Å²) in [5.41, 5.74) is 1.34. The summed E-state index contributed by atoms with van der Waals surface area (Å²) in [6, 6.07) is 15.9. The Bertz CT molecular complexity index is 611. The second-order valence-electron chi connectivity index (χ2n) is 6.33. The Kier molecular flexibility index (Phi) is 5.01. The third-order valence-electron chi connectivity index (χ3n) is 4.27. The lowest BCUT2D eigenvalue weighted by molar-refractivity contribution is -0.922. The van der Waals surface area contributed by atoms with Crippen molar-refractivity contribution in [1.29, 1.82) is 0 Å². The van der Waals surface area contributed by atoms with Gasteiger partial charge < -0.3 is 9.64 Å². The maximum Gasteiger partial charge on any atom is 0.127 e. The third kappa shape index (κ3) is 4.25. The summed E-state index contributed by atoms with van der Waals surface area (Å²) in [5.74, 6) is 2.56. The Morgan fingerprint density at radius 2 is 1.95 bits per heavy atom. The second-order valence-corrected chi connectivity index (χ2v) is 6.77. The Morgan fingerprint density at radius 3 is 2.73 bits per heavy atom. The van der Waals surface area contributed by atoms with Crippen LogP contribution < -0.4 is 9.64 Å². The number of benzene rings is 2. The number of halogens is 1. The lowest BCUT2D eigenvalue weighted by Gasteiger charge is -2.27. The predicted molar refractivity (Wildman–Crippen MR) is 90.8 cm³/mol. The topological polar surface area (TPSA) is 13.7 Å². The van der Waals surface area contributed by atoms with Gasteiger partial charge in [0.25, 0.3) is 0 Å². The molecule has 2 nitrogen and oxygen atoms in total. The van der Waals surface area contributed by atoms with Crippen molar-refractivity contribution in [1.82, 2.24) is 0 Å². The van der Waals surface area contributed by atoms with Crippen LogP contribution >= 0.6 is 11.6 Å². The van der Waals surface area contributed by atoms with Crippen molar-refractivity contribution in [3.8, 4) is 11.5 Å². The van der Waals surface area contributed by atoms with E-state index in [1.165, 1.54) is 31.5 Å². The quantitative estimate of drug-likeness (QED) is 0.902. The van der Waals surface area contributed by atoms with E-state index in [4.69, 9.17) is 16.3 Å². The van der Waals surface area contributed by atoms with Gasteiger partial charge in [0.05, 0.1) is 13.1 Å². The number of quaternary nitrogens is 1. The van der Waals surface area contributed by atoms with E-state index in [2.05, 4.69) is 25.1 Å². The van der Waals surface area contributed by atoms with Gasteiger partial charge in [0.15, 0.2) is 0 Å². The SMILES string of the molecule is C[C@H]1CCC[NH+](Cc2cccc(Oc3ccc(Cl)cc3)c2)C1. The molecule has 1 fully saturated rings. The van der Waals surface area contributed by atoms with Crippen LogP contribution in [-0.2, 0) is 6.54 Å². The molecule has 1 aliphatic rings. The Labute approximate surface area is 137 Å². The van der Waals surface area contributed by atoms with Crippen molar-refractivity contribution >= 4 is 11.6 Å². The van der Waals surface area contributed by atoms with Gasteiger partial charge in [-0.25, -0.2) is 0 Å². The van der Waals surface area contributed by atoms with Gasteiger partial charge in [-0.15, -0.1) is 0 Å². The van der Waals surface area contributed by atoms with Crippen molar-refractivity contribution in [2.75, 3.05) is 13.1 Å². The summed E-state index contributed by atoms with van der Waals surface area (Å²) in [5, 5.41) is 0.726. The van der Waals surface area contributed by atoms with Gasteiger partial charge >= 0.3 is 0 Å². The molecule has 3 heteroatoms. The van der Waals surface area contributed by atoms with Crippen LogP contribution in [0.15, 0.2) is 48.5 Å². The van der Waals surface area contributed by atoms with Gasteiger partial charge in [0.2, 0.25) is 0 Å². The van der Waals surface area contributed by atoms with Gasteiger partial charge in [-0.2, -0.15) is 0 Å². The van der Waals surface area contributed by atoms with E-state index in [1.807, 2.05) is 30.3 Å². The molecule has 2 atom stereocenters. The Balaban J connectivity index is 1.65. The average Bonchev–Trinajstić information content (AvgIpc) is 2.50. The molecule has 0 aliphatic carbocycles. The summed E-state index contributed by atoms with van der Waals surface area (Å²) in [6.07, 6.45) is 2.72. The first-order valence-electron chi connectivity index (χ1n) is 8.05. The monoisotopic (exact) mass is 316 g/mol. The normalized spacial score (nSPS) is 21.5. The van der Waals surface area contributed by atoms with Crippen LogP contribution in [0.4, 0.5) is 0 Å². The van der Waals surface area contributed by atoms with E-state index in [-0.39, 0.29) is 0 Å². The van der Waals surface area contributed by atoms with Crippen LogP contribution in [0.3, 0.4) is 0 Å². The van der Waals surface area contributed by atoms with Crippen LogP contribution in [0, 0.1) is 5.92 Å². The maximum atomic E-state index is 5.92. The van der Waals surface area contributed by atoms with Crippen molar-refractivity contribution in [2.45, 2.75) is 26.3 Å². The van der Waals surface area contributed by atoms with E-state index >= 15 is 0 Å². The summed E-state index contributed by atoms with van der Waals surface area (Å²) in [7, 11) is 0. The minimum atomic E-state index is 0.726. The highest BCUT2D eigenvalue weighted by molar-refractivity contribution is 6.30. The fraction of sp³-hybridized carbons (Fsp3) is 0.368. The Morgan fingerprint density at radius 1 is 1.14 bits per heavy atom. The zero-order chi connectivity index (χ0) is 15.4. The summed E-state index contributed by atoms with van der Waals surface area (Å²) < 4.78 is 5.92. The van der Waals surface area contributed by atoms with Crippen molar-refractivity contribution < 1.29 is 9.64 Å². The molecular weight excluding hydrogens is 294 g/mol. The fourth-order valence-corrected chi connectivity index (χ4v) is 3.33. The van der Waals surface area contributed by atoms with Crippen molar-refractivity contribution in [3.05, 3.63) is 59.1 Å². The lowest BCUT2D eigenvalue weighted by atomic mass is 10.00. The molecule has 1 unspecified atom stereocenters. The maximum absolute atomic E-state index is 5.92. The molecule has 1 N–H and O–H groups in total. The van der Waals surface area contributed by atoms with Gasteiger partial charge in [-0.3, -0.25) is 0 Å². The lowest BCUT2D eigenvalue weighted by Crippen LogP contribution is -3.12. The third-order valence-corrected chi connectivity index (χ3v) is 4.52. The molecule has 0 aromatic heterocycles. The zero-order valence-corrected chi connectivity index (χ0v) is 13.8. The Hall–Kier alpha value is -1.51. The number of likely N-dealkylation sites (tertiary alicyclic amines) is 1. The number of nitrogens with one attached hydrogen (secondary N) is 1. The molecule has 0 radical (unpaired) electrons. The van der Waals surface area contributed by atoms with E-state index in [0.717, 1.165) is 29.0 Å². The van der Waals surface area contributed by atoms with Crippen LogP contribution in [0.25, 0.3) is 0 Å². The summed E-state index contributed by atoms with van der Waals surface area (Å²) in [4.78, 5) is 1.68.